The largest absolute Gasteiger partial charge is 0.481 e. The van der Waals surface area contributed by atoms with Gasteiger partial charge < -0.3 is 10.4 Å². The fourth-order valence-electron chi connectivity index (χ4n) is 1.58. The predicted octanol–water partition coefficient (Wildman–Crippen LogP) is 2.39. The van der Waals surface area contributed by atoms with Gasteiger partial charge in [0.05, 0.1) is 6.42 Å². The van der Waals surface area contributed by atoms with E-state index in [0.717, 1.165) is 6.07 Å². The van der Waals surface area contributed by atoms with Gasteiger partial charge in [-0.1, -0.05) is 17.7 Å². The second-order valence-corrected chi connectivity index (χ2v) is 4.72. The van der Waals surface area contributed by atoms with Gasteiger partial charge in [0.25, 0.3) is 0 Å². The summed E-state index contributed by atoms with van der Waals surface area (Å²) in [5.41, 5.74) is 0.533. The fourth-order valence-corrected chi connectivity index (χ4v) is 1.81. The minimum Gasteiger partial charge on any atom is -0.481 e. The third-order valence-corrected chi connectivity index (χ3v) is 2.92. The number of carbonyl (C=O) groups is 2. The van der Waals surface area contributed by atoms with Crippen LogP contribution in [0.15, 0.2) is 18.2 Å². The maximum atomic E-state index is 12.8. The van der Waals surface area contributed by atoms with Gasteiger partial charge in [-0.15, -0.1) is 0 Å². The maximum absolute atomic E-state index is 12.8. The molecule has 0 radical (unpaired) electrons. The number of benzene rings is 1. The van der Waals surface area contributed by atoms with E-state index < -0.39 is 11.8 Å². The first-order valence-electron chi connectivity index (χ1n) is 5.83. The molecule has 104 valence electrons. The molecule has 2 N–H and O–H groups in total. The molecule has 0 fully saturated rings. The molecule has 1 unspecified atom stereocenters. The summed E-state index contributed by atoms with van der Waals surface area (Å²) < 4.78 is 12.8. The normalized spacial score (nSPS) is 11.9. The van der Waals surface area contributed by atoms with E-state index in [4.69, 9.17) is 16.7 Å². The van der Waals surface area contributed by atoms with Crippen molar-refractivity contribution in [3.63, 3.8) is 0 Å². The van der Waals surface area contributed by atoms with Gasteiger partial charge in [0, 0.05) is 17.5 Å². The molecule has 0 aliphatic carbocycles. The van der Waals surface area contributed by atoms with E-state index in [1.54, 1.807) is 6.92 Å². The van der Waals surface area contributed by atoms with E-state index in [1.807, 2.05) is 0 Å². The number of halogens is 2. The summed E-state index contributed by atoms with van der Waals surface area (Å²) in [5.74, 6) is -1.63. The number of nitrogens with one attached hydrogen (secondary N) is 1. The van der Waals surface area contributed by atoms with Gasteiger partial charge in [-0.2, -0.15) is 0 Å². The van der Waals surface area contributed by atoms with Gasteiger partial charge in [-0.05, 0) is 31.0 Å². The Bertz CT molecular complexity index is 479. The van der Waals surface area contributed by atoms with Gasteiger partial charge in [-0.3, -0.25) is 9.59 Å². The van der Waals surface area contributed by atoms with Crippen molar-refractivity contribution in [2.75, 3.05) is 0 Å². The molecular formula is C13H15ClFNO3. The van der Waals surface area contributed by atoms with Crippen LogP contribution in [0.1, 0.15) is 25.3 Å². The summed E-state index contributed by atoms with van der Waals surface area (Å²) in [6.07, 6.45) is 0.396. The molecule has 19 heavy (non-hydrogen) atoms. The van der Waals surface area contributed by atoms with Gasteiger partial charge in [0.15, 0.2) is 0 Å². The average Bonchev–Trinajstić information content (AvgIpc) is 2.30. The number of hydrogen-bond donors (Lipinski definition) is 2. The molecular weight excluding hydrogens is 273 g/mol. The Kier molecular flexibility index (Phi) is 5.76. The molecule has 1 atom stereocenters. The summed E-state index contributed by atoms with van der Waals surface area (Å²) in [5, 5.41) is 11.4. The van der Waals surface area contributed by atoms with Crippen molar-refractivity contribution in [1.82, 2.24) is 5.32 Å². The lowest BCUT2D eigenvalue weighted by Crippen LogP contribution is -2.34. The molecule has 0 bridgehead atoms. The van der Waals surface area contributed by atoms with Crippen LogP contribution < -0.4 is 5.32 Å². The number of aliphatic carboxylic acids is 1. The molecule has 1 amide bonds. The lowest BCUT2D eigenvalue weighted by atomic mass is 10.1. The van der Waals surface area contributed by atoms with Gasteiger partial charge in [-0.25, -0.2) is 4.39 Å². The lowest BCUT2D eigenvalue weighted by molar-refractivity contribution is -0.137. The van der Waals surface area contributed by atoms with Crippen LogP contribution in [0.4, 0.5) is 4.39 Å². The monoisotopic (exact) mass is 287 g/mol. The SMILES string of the molecule is CC(CCC(=O)O)NC(=O)Cc1ccc(F)cc1Cl. The number of carboxylic acids is 1. The molecule has 6 heteroatoms. The number of amides is 1. The van der Waals surface area contributed by atoms with Crippen molar-refractivity contribution >= 4 is 23.5 Å². The average molecular weight is 288 g/mol. The van der Waals surface area contributed by atoms with Gasteiger partial charge >= 0.3 is 5.97 Å². The third-order valence-electron chi connectivity index (χ3n) is 2.56. The van der Waals surface area contributed by atoms with Crippen molar-refractivity contribution in [1.29, 1.82) is 0 Å². The molecule has 0 saturated carbocycles. The predicted molar refractivity (Wildman–Crippen MR) is 69.6 cm³/mol. The minimum absolute atomic E-state index is 0.00124. The highest BCUT2D eigenvalue weighted by Crippen LogP contribution is 2.17. The van der Waals surface area contributed by atoms with E-state index in [0.29, 0.717) is 12.0 Å². The van der Waals surface area contributed by atoms with E-state index in [9.17, 15) is 14.0 Å². The molecule has 0 spiro atoms. The van der Waals surface area contributed by atoms with Crippen molar-refractivity contribution < 1.29 is 19.1 Å². The van der Waals surface area contributed by atoms with Crippen LogP contribution in [0.5, 0.6) is 0 Å². The van der Waals surface area contributed by atoms with Crippen molar-refractivity contribution in [2.45, 2.75) is 32.2 Å². The second kappa shape index (κ2) is 7.09. The minimum atomic E-state index is -0.900. The zero-order chi connectivity index (χ0) is 14.4. The first kappa shape index (κ1) is 15.4. The summed E-state index contributed by atoms with van der Waals surface area (Å²) in [6.45, 7) is 1.73. The van der Waals surface area contributed by atoms with Gasteiger partial charge in [0.2, 0.25) is 5.91 Å². The van der Waals surface area contributed by atoms with E-state index in [2.05, 4.69) is 5.32 Å². The van der Waals surface area contributed by atoms with E-state index >= 15 is 0 Å². The Balaban J connectivity index is 2.48. The smallest absolute Gasteiger partial charge is 0.303 e. The Hall–Kier alpha value is -1.62. The van der Waals surface area contributed by atoms with Crippen LogP contribution in [0.3, 0.4) is 0 Å². The molecule has 1 rings (SSSR count). The summed E-state index contributed by atoms with van der Waals surface area (Å²) in [7, 11) is 0. The molecule has 0 saturated heterocycles. The Labute approximate surface area is 115 Å². The zero-order valence-corrected chi connectivity index (χ0v) is 11.2. The van der Waals surface area contributed by atoms with Crippen LogP contribution in [0.2, 0.25) is 5.02 Å². The van der Waals surface area contributed by atoms with Gasteiger partial charge in [0.1, 0.15) is 5.82 Å². The van der Waals surface area contributed by atoms with Crippen LogP contribution in [0.25, 0.3) is 0 Å². The molecule has 0 aliphatic heterocycles. The van der Waals surface area contributed by atoms with Crippen molar-refractivity contribution in [3.05, 3.63) is 34.6 Å². The lowest BCUT2D eigenvalue weighted by Gasteiger charge is -2.13. The Morgan fingerprint density at radius 3 is 2.74 bits per heavy atom. The van der Waals surface area contributed by atoms with Crippen LogP contribution in [0, 0.1) is 5.82 Å². The van der Waals surface area contributed by atoms with Crippen LogP contribution >= 0.6 is 11.6 Å². The molecule has 1 aromatic rings. The maximum Gasteiger partial charge on any atom is 0.303 e. The highest BCUT2D eigenvalue weighted by molar-refractivity contribution is 6.31. The Morgan fingerprint density at radius 2 is 2.16 bits per heavy atom. The number of carbonyl (C=O) groups excluding carboxylic acids is 1. The molecule has 0 aromatic heterocycles. The summed E-state index contributed by atoms with van der Waals surface area (Å²) >= 11 is 5.82. The number of rotatable bonds is 6. The zero-order valence-electron chi connectivity index (χ0n) is 10.5. The number of carboxylic acid groups (broad SMARTS) is 1. The standard InChI is InChI=1S/C13H15ClFNO3/c1-8(2-5-13(18)19)16-12(17)6-9-3-4-10(15)7-11(9)14/h3-4,7-8H,2,5-6H2,1H3,(H,16,17)(H,18,19). The quantitative estimate of drug-likeness (QED) is 0.844. The highest BCUT2D eigenvalue weighted by atomic mass is 35.5. The van der Waals surface area contributed by atoms with E-state index in [1.165, 1.54) is 12.1 Å². The first-order valence-corrected chi connectivity index (χ1v) is 6.21. The fraction of sp³-hybridized carbons (Fsp3) is 0.385. The van der Waals surface area contributed by atoms with Crippen LogP contribution in [-0.2, 0) is 16.0 Å². The second-order valence-electron chi connectivity index (χ2n) is 4.31. The molecule has 4 nitrogen and oxygen atoms in total. The summed E-state index contributed by atoms with van der Waals surface area (Å²) in [4.78, 5) is 22.1. The van der Waals surface area contributed by atoms with Crippen molar-refractivity contribution in [2.24, 2.45) is 0 Å². The molecule has 0 heterocycles. The topological polar surface area (TPSA) is 66.4 Å². The molecule has 1 aromatic carbocycles. The van der Waals surface area contributed by atoms with Crippen LogP contribution in [-0.4, -0.2) is 23.0 Å². The first-order chi connectivity index (χ1) is 8.88. The molecule has 0 aliphatic rings. The summed E-state index contributed by atoms with van der Waals surface area (Å²) in [6, 6.07) is 3.61. The highest BCUT2D eigenvalue weighted by Gasteiger charge is 2.11. The van der Waals surface area contributed by atoms with E-state index in [-0.39, 0.29) is 29.8 Å². The van der Waals surface area contributed by atoms with Crippen molar-refractivity contribution in [3.8, 4) is 0 Å². The third kappa shape index (κ3) is 5.70. The Morgan fingerprint density at radius 1 is 1.47 bits per heavy atom. The number of hydrogen-bond acceptors (Lipinski definition) is 2.